The fourth-order valence-electron chi connectivity index (χ4n) is 4.11. The number of amides is 1. The Morgan fingerprint density at radius 3 is 2.31 bits per heavy atom. The van der Waals surface area contributed by atoms with Crippen LogP contribution < -0.4 is 9.47 Å². The molecule has 188 valence electrons. The molecule has 0 bridgehead atoms. The first kappa shape index (κ1) is 26.3. The summed E-state index contributed by atoms with van der Waals surface area (Å²) in [6.07, 6.45) is 0.689. The smallest absolute Gasteiger partial charge is 0.295 e. The van der Waals surface area contributed by atoms with Gasteiger partial charge >= 0.3 is 0 Å². The molecule has 0 aromatic heterocycles. The summed E-state index contributed by atoms with van der Waals surface area (Å²) in [6, 6.07) is 12.0. The SMILES string of the molecule is CCCN1C(=O)C(=O)/C(=C(/O)c2ccc(OCC(C)C)c(C)c2)C1c1cccc(OCC(C)C)c1. The van der Waals surface area contributed by atoms with Gasteiger partial charge in [0.1, 0.15) is 17.3 Å². The zero-order valence-corrected chi connectivity index (χ0v) is 21.6. The van der Waals surface area contributed by atoms with Crippen molar-refractivity contribution in [2.24, 2.45) is 11.8 Å². The number of carbonyl (C=O) groups excluding carboxylic acids is 2. The highest BCUT2D eigenvalue weighted by Gasteiger charge is 2.45. The van der Waals surface area contributed by atoms with E-state index < -0.39 is 17.7 Å². The van der Waals surface area contributed by atoms with Gasteiger partial charge in [0.05, 0.1) is 24.8 Å². The van der Waals surface area contributed by atoms with Crippen molar-refractivity contribution >= 4 is 17.4 Å². The average Bonchev–Trinajstić information content (AvgIpc) is 3.07. The molecule has 3 rings (SSSR count). The van der Waals surface area contributed by atoms with E-state index in [1.54, 1.807) is 23.1 Å². The molecule has 1 fully saturated rings. The van der Waals surface area contributed by atoms with Crippen molar-refractivity contribution in [1.82, 2.24) is 4.90 Å². The molecule has 35 heavy (non-hydrogen) atoms. The van der Waals surface area contributed by atoms with Crippen LogP contribution in [0.4, 0.5) is 0 Å². The Bertz CT molecular complexity index is 1100. The molecule has 1 aliphatic rings. The van der Waals surface area contributed by atoms with Gasteiger partial charge in [-0.1, -0.05) is 46.8 Å². The highest BCUT2D eigenvalue weighted by Crippen LogP contribution is 2.40. The molecule has 0 aliphatic carbocycles. The Kier molecular flexibility index (Phi) is 8.60. The summed E-state index contributed by atoms with van der Waals surface area (Å²) in [6.45, 7) is 13.7. The van der Waals surface area contributed by atoms with Crippen LogP contribution in [0.5, 0.6) is 11.5 Å². The average molecular weight is 480 g/mol. The summed E-state index contributed by atoms with van der Waals surface area (Å²) in [7, 11) is 0. The van der Waals surface area contributed by atoms with Gasteiger partial charge in [-0.05, 0) is 66.6 Å². The third kappa shape index (κ3) is 6.05. The van der Waals surface area contributed by atoms with E-state index in [9.17, 15) is 14.7 Å². The lowest BCUT2D eigenvalue weighted by molar-refractivity contribution is -0.139. The molecule has 0 saturated carbocycles. The predicted molar refractivity (Wildman–Crippen MR) is 138 cm³/mol. The maximum Gasteiger partial charge on any atom is 0.295 e. The number of Topliss-reactive ketones (excluding diaryl/α,β-unsaturated/α-hetero) is 1. The van der Waals surface area contributed by atoms with Crippen LogP contribution in [0.15, 0.2) is 48.0 Å². The van der Waals surface area contributed by atoms with Crippen LogP contribution in [-0.4, -0.2) is 41.5 Å². The first-order valence-corrected chi connectivity index (χ1v) is 12.4. The van der Waals surface area contributed by atoms with E-state index in [-0.39, 0.29) is 11.3 Å². The van der Waals surface area contributed by atoms with Crippen LogP contribution in [0.1, 0.15) is 63.8 Å². The molecule has 1 atom stereocenters. The van der Waals surface area contributed by atoms with E-state index in [1.165, 1.54) is 0 Å². The van der Waals surface area contributed by atoms with Crippen molar-refractivity contribution < 1.29 is 24.2 Å². The lowest BCUT2D eigenvalue weighted by atomic mass is 9.94. The van der Waals surface area contributed by atoms with Gasteiger partial charge in [0, 0.05) is 12.1 Å². The molecule has 1 saturated heterocycles. The third-order valence-corrected chi connectivity index (χ3v) is 5.78. The van der Waals surface area contributed by atoms with Crippen LogP contribution in [-0.2, 0) is 9.59 Å². The van der Waals surface area contributed by atoms with Gasteiger partial charge in [-0.15, -0.1) is 0 Å². The lowest BCUT2D eigenvalue weighted by Gasteiger charge is -2.25. The maximum absolute atomic E-state index is 13.2. The Labute approximate surface area is 208 Å². The van der Waals surface area contributed by atoms with E-state index in [2.05, 4.69) is 27.7 Å². The van der Waals surface area contributed by atoms with Crippen molar-refractivity contribution in [2.45, 2.75) is 54.0 Å². The van der Waals surface area contributed by atoms with Gasteiger partial charge in [0.2, 0.25) is 0 Å². The normalized spacial score (nSPS) is 17.5. The number of ketones is 1. The summed E-state index contributed by atoms with van der Waals surface area (Å²) in [4.78, 5) is 27.7. The number of aliphatic hydroxyl groups is 1. The Morgan fingerprint density at radius 1 is 1.00 bits per heavy atom. The number of likely N-dealkylation sites (tertiary alicyclic amines) is 1. The minimum Gasteiger partial charge on any atom is -0.507 e. The molecule has 1 N–H and O–H groups in total. The number of ether oxygens (including phenoxy) is 2. The summed E-state index contributed by atoms with van der Waals surface area (Å²) < 4.78 is 11.7. The van der Waals surface area contributed by atoms with Gasteiger partial charge in [0.15, 0.2) is 0 Å². The highest BCUT2D eigenvalue weighted by atomic mass is 16.5. The number of aliphatic hydroxyl groups excluding tert-OH is 1. The molecule has 1 aliphatic heterocycles. The van der Waals surface area contributed by atoms with E-state index in [0.717, 1.165) is 16.9 Å². The fraction of sp³-hybridized carbons (Fsp3) is 0.448. The summed E-state index contributed by atoms with van der Waals surface area (Å²) in [5.74, 6) is 0.693. The fourth-order valence-corrected chi connectivity index (χ4v) is 4.11. The van der Waals surface area contributed by atoms with Crippen LogP contribution in [0.25, 0.3) is 5.76 Å². The second kappa shape index (κ2) is 11.4. The predicted octanol–water partition coefficient (Wildman–Crippen LogP) is 5.90. The van der Waals surface area contributed by atoms with E-state index in [4.69, 9.17) is 9.47 Å². The van der Waals surface area contributed by atoms with Crippen LogP contribution in [0.3, 0.4) is 0 Å². The van der Waals surface area contributed by atoms with Crippen LogP contribution >= 0.6 is 0 Å². The largest absolute Gasteiger partial charge is 0.507 e. The number of benzene rings is 2. The first-order chi connectivity index (χ1) is 16.6. The molecular formula is C29H37NO5. The molecule has 6 heteroatoms. The molecule has 1 amide bonds. The second-order valence-electron chi connectivity index (χ2n) is 9.95. The van der Waals surface area contributed by atoms with Crippen LogP contribution in [0, 0.1) is 18.8 Å². The van der Waals surface area contributed by atoms with Gasteiger partial charge in [0.25, 0.3) is 11.7 Å². The van der Waals surface area contributed by atoms with Crippen molar-refractivity contribution in [1.29, 1.82) is 0 Å². The van der Waals surface area contributed by atoms with E-state index in [0.29, 0.717) is 49.3 Å². The minimum absolute atomic E-state index is 0.0970. The molecule has 0 radical (unpaired) electrons. The topological polar surface area (TPSA) is 76.1 Å². The molecule has 1 unspecified atom stereocenters. The highest BCUT2D eigenvalue weighted by molar-refractivity contribution is 6.46. The molecule has 2 aromatic rings. The van der Waals surface area contributed by atoms with Crippen molar-refractivity contribution in [2.75, 3.05) is 19.8 Å². The standard InChI is InChI=1S/C29H37NO5/c1-7-13-30-26(21-9-8-10-23(15-21)34-16-18(2)3)25(28(32)29(30)33)27(31)22-11-12-24(20(6)14-22)35-17-19(4)5/h8-12,14-15,18-19,26,31H,7,13,16-17H2,1-6H3/b27-25+. The summed E-state index contributed by atoms with van der Waals surface area (Å²) >= 11 is 0. The number of carbonyl (C=O) groups is 2. The monoisotopic (exact) mass is 479 g/mol. The Balaban J connectivity index is 2.06. The van der Waals surface area contributed by atoms with Gasteiger partial charge in [-0.25, -0.2) is 0 Å². The van der Waals surface area contributed by atoms with Gasteiger partial charge in [-0.2, -0.15) is 0 Å². The summed E-state index contributed by atoms with van der Waals surface area (Å²) in [5.41, 5.74) is 2.15. The van der Waals surface area contributed by atoms with Gasteiger partial charge in [-0.3, -0.25) is 9.59 Å². The third-order valence-electron chi connectivity index (χ3n) is 5.78. The van der Waals surface area contributed by atoms with E-state index in [1.807, 2.05) is 38.1 Å². The van der Waals surface area contributed by atoms with Crippen molar-refractivity contribution in [3.05, 3.63) is 64.7 Å². The number of hydrogen-bond acceptors (Lipinski definition) is 5. The van der Waals surface area contributed by atoms with Crippen molar-refractivity contribution in [3.8, 4) is 11.5 Å². The molecule has 0 spiro atoms. The zero-order chi connectivity index (χ0) is 25.7. The van der Waals surface area contributed by atoms with E-state index >= 15 is 0 Å². The molecular weight excluding hydrogens is 442 g/mol. The molecule has 2 aromatic carbocycles. The number of aryl methyl sites for hydroxylation is 1. The Hall–Kier alpha value is -3.28. The molecule has 6 nitrogen and oxygen atoms in total. The quantitative estimate of drug-likeness (QED) is 0.261. The lowest BCUT2D eigenvalue weighted by Crippen LogP contribution is -2.30. The number of rotatable bonds is 10. The molecule has 1 heterocycles. The zero-order valence-electron chi connectivity index (χ0n) is 21.6. The maximum atomic E-state index is 13.2. The van der Waals surface area contributed by atoms with Crippen LogP contribution in [0.2, 0.25) is 0 Å². The summed E-state index contributed by atoms with van der Waals surface area (Å²) in [5, 5.41) is 11.3. The number of hydrogen-bond donors (Lipinski definition) is 1. The number of nitrogens with zero attached hydrogens (tertiary/aromatic N) is 1. The Morgan fingerprint density at radius 2 is 1.69 bits per heavy atom. The van der Waals surface area contributed by atoms with Crippen molar-refractivity contribution in [3.63, 3.8) is 0 Å². The second-order valence-corrected chi connectivity index (χ2v) is 9.95. The first-order valence-electron chi connectivity index (χ1n) is 12.4. The minimum atomic E-state index is -0.685. The van der Waals surface area contributed by atoms with Gasteiger partial charge < -0.3 is 19.5 Å².